The largest absolute Gasteiger partial charge is 0.389 e. The Morgan fingerprint density at radius 2 is 2.24 bits per heavy atom. The molecule has 0 amide bonds. The summed E-state index contributed by atoms with van der Waals surface area (Å²) in [6.07, 6.45) is -0.453. The van der Waals surface area contributed by atoms with Gasteiger partial charge in [0.25, 0.3) is 0 Å². The van der Waals surface area contributed by atoms with Crippen molar-refractivity contribution in [3.05, 3.63) is 39.3 Å². The summed E-state index contributed by atoms with van der Waals surface area (Å²) in [6.45, 7) is 3.75. The highest BCUT2D eigenvalue weighted by Crippen LogP contribution is 2.34. The number of hydrogen-bond acceptors (Lipinski definition) is 4. The molecular weight excluding hydrogens is 318 g/mol. The number of aryl methyl sites for hydroxylation is 1. The number of rotatable bonds is 3. The van der Waals surface area contributed by atoms with E-state index in [0.29, 0.717) is 0 Å². The van der Waals surface area contributed by atoms with Crippen molar-refractivity contribution in [1.82, 2.24) is 4.98 Å². The van der Waals surface area contributed by atoms with E-state index in [-0.39, 0.29) is 0 Å². The second-order valence-corrected chi connectivity index (χ2v) is 6.75. The van der Waals surface area contributed by atoms with Crippen LogP contribution in [0.5, 0.6) is 0 Å². The first-order valence-corrected chi connectivity index (χ1v) is 7.62. The number of hydrogen-bond donors (Lipinski definition) is 1. The Morgan fingerprint density at radius 3 is 2.76 bits per heavy atom. The summed E-state index contributed by atoms with van der Waals surface area (Å²) in [5, 5.41) is 11.6. The fourth-order valence-electron chi connectivity index (χ4n) is 1.39. The molecule has 1 heterocycles. The molecule has 1 aromatic heterocycles. The highest BCUT2D eigenvalue weighted by Gasteiger charge is 2.08. The van der Waals surface area contributed by atoms with Crippen molar-refractivity contribution in [1.29, 1.82) is 0 Å². The molecule has 0 spiro atoms. The molecule has 0 bridgehead atoms. The summed E-state index contributed by atoms with van der Waals surface area (Å²) in [6, 6.07) is 5.97. The van der Waals surface area contributed by atoms with Gasteiger partial charge in [0.15, 0.2) is 4.34 Å². The van der Waals surface area contributed by atoms with Gasteiger partial charge in [0.05, 0.1) is 6.10 Å². The summed E-state index contributed by atoms with van der Waals surface area (Å²) < 4.78 is 1.98. The molecular formula is C12H12BrNOS2. The van der Waals surface area contributed by atoms with Crippen LogP contribution >= 0.6 is 39.0 Å². The molecule has 0 aliphatic rings. The number of thiazole rings is 1. The van der Waals surface area contributed by atoms with Crippen LogP contribution in [0.3, 0.4) is 0 Å². The van der Waals surface area contributed by atoms with Gasteiger partial charge in [0, 0.05) is 20.4 Å². The third-order valence-electron chi connectivity index (χ3n) is 2.23. The Kier molecular flexibility index (Phi) is 4.25. The number of aliphatic hydroxyl groups is 1. The average Bonchev–Trinajstić information content (AvgIpc) is 2.63. The van der Waals surface area contributed by atoms with Crippen LogP contribution in [0.2, 0.25) is 0 Å². The lowest BCUT2D eigenvalue weighted by molar-refractivity contribution is 0.198. The van der Waals surface area contributed by atoms with E-state index >= 15 is 0 Å². The highest BCUT2D eigenvalue weighted by atomic mass is 79.9. The maximum absolute atomic E-state index is 9.54. The lowest BCUT2D eigenvalue weighted by atomic mass is 10.1. The predicted octanol–water partition coefficient (Wildman–Crippen LogP) is 4.42. The minimum atomic E-state index is -0.453. The van der Waals surface area contributed by atoms with E-state index < -0.39 is 6.10 Å². The van der Waals surface area contributed by atoms with Crippen LogP contribution in [0.4, 0.5) is 0 Å². The van der Waals surface area contributed by atoms with Gasteiger partial charge < -0.3 is 5.11 Å². The maximum atomic E-state index is 9.54. The topological polar surface area (TPSA) is 33.1 Å². The minimum Gasteiger partial charge on any atom is -0.389 e. The van der Waals surface area contributed by atoms with Gasteiger partial charge in [-0.2, -0.15) is 0 Å². The number of benzene rings is 1. The first-order chi connectivity index (χ1) is 8.06. The molecule has 0 fully saturated rings. The van der Waals surface area contributed by atoms with Crippen LogP contribution in [0.15, 0.2) is 37.3 Å². The average molecular weight is 330 g/mol. The van der Waals surface area contributed by atoms with Crippen molar-refractivity contribution in [2.75, 3.05) is 0 Å². The van der Waals surface area contributed by atoms with Crippen molar-refractivity contribution in [2.45, 2.75) is 29.2 Å². The van der Waals surface area contributed by atoms with Crippen molar-refractivity contribution >= 4 is 39.0 Å². The fourth-order valence-corrected chi connectivity index (χ4v) is 4.10. The zero-order valence-electron chi connectivity index (χ0n) is 9.48. The van der Waals surface area contributed by atoms with Crippen LogP contribution in [-0.4, -0.2) is 10.1 Å². The Hall–Kier alpha value is -0.360. The zero-order valence-corrected chi connectivity index (χ0v) is 12.7. The lowest BCUT2D eigenvalue weighted by Crippen LogP contribution is -1.92. The van der Waals surface area contributed by atoms with Crippen LogP contribution in [0.25, 0.3) is 0 Å². The molecule has 1 atom stereocenters. The van der Waals surface area contributed by atoms with Gasteiger partial charge in [-0.05, 0) is 31.5 Å². The molecule has 0 radical (unpaired) electrons. The quantitative estimate of drug-likeness (QED) is 0.904. The van der Waals surface area contributed by atoms with Crippen LogP contribution in [0.1, 0.15) is 24.3 Å². The maximum Gasteiger partial charge on any atom is 0.154 e. The first kappa shape index (κ1) is 13.1. The smallest absolute Gasteiger partial charge is 0.154 e. The van der Waals surface area contributed by atoms with Crippen molar-refractivity contribution < 1.29 is 5.11 Å². The number of nitrogens with zero attached hydrogens (tertiary/aromatic N) is 1. The first-order valence-electron chi connectivity index (χ1n) is 5.14. The molecule has 1 N–H and O–H groups in total. The monoisotopic (exact) mass is 329 g/mol. The summed E-state index contributed by atoms with van der Waals surface area (Å²) in [5.41, 5.74) is 1.96. The van der Waals surface area contributed by atoms with Crippen molar-refractivity contribution in [3.8, 4) is 0 Å². The summed E-state index contributed by atoms with van der Waals surface area (Å²) in [5.74, 6) is 0. The molecule has 0 aliphatic carbocycles. The third kappa shape index (κ3) is 3.31. The fraction of sp³-hybridized carbons (Fsp3) is 0.250. The van der Waals surface area contributed by atoms with E-state index in [9.17, 15) is 5.11 Å². The van der Waals surface area contributed by atoms with Gasteiger partial charge in [-0.1, -0.05) is 33.8 Å². The van der Waals surface area contributed by atoms with E-state index in [0.717, 1.165) is 25.0 Å². The molecule has 2 aromatic rings. The number of aliphatic hydroxyl groups excluding tert-OH is 1. The van der Waals surface area contributed by atoms with Gasteiger partial charge in [-0.15, -0.1) is 11.3 Å². The van der Waals surface area contributed by atoms with Gasteiger partial charge >= 0.3 is 0 Å². The molecule has 0 saturated heterocycles. The lowest BCUT2D eigenvalue weighted by Gasteiger charge is -2.08. The van der Waals surface area contributed by atoms with E-state index in [4.69, 9.17) is 0 Å². The van der Waals surface area contributed by atoms with E-state index in [2.05, 4.69) is 20.9 Å². The van der Waals surface area contributed by atoms with Gasteiger partial charge in [-0.3, -0.25) is 0 Å². The number of aromatic nitrogens is 1. The molecule has 2 rings (SSSR count). The third-order valence-corrected chi connectivity index (χ3v) is 4.96. The molecule has 1 aromatic carbocycles. The molecule has 90 valence electrons. The van der Waals surface area contributed by atoms with Crippen LogP contribution in [-0.2, 0) is 0 Å². The second-order valence-electron chi connectivity index (χ2n) is 3.72. The van der Waals surface area contributed by atoms with Crippen LogP contribution in [0, 0.1) is 6.92 Å². The number of halogens is 1. The van der Waals surface area contributed by atoms with Gasteiger partial charge in [0.2, 0.25) is 0 Å². The summed E-state index contributed by atoms with van der Waals surface area (Å²) >= 11 is 6.76. The van der Waals surface area contributed by atoms with Gasteiger partial charge in [-0.25, -0.2) is 4.98 Å². The summed E-state index contributed by atoms with van der Waals surface area (Å²) in [4.78, 5) is 5.53. The van der Waals surface area contributed by atoms with E-state index in [1.807, 2.05) is 30.5 Å². The van der Waals surface area contributed by atoms with Crippen LogP contribution < -0.4 is 0 Å². The van der Waals surface area contributed by atoms with Crippen molar-refractivity contribution in [2.24, 2.45) is 0 Å². The molecule has 0 saturated carbocycles. The summed E-state index contributed by atoms with van der Waals surface area (Å²) in [7, 11) is 0. The molecule has 17 heavy (non-hydrogen) atoms. The highest BCUT2D eigenvalue weighted by molar-refractivity contribution is 9.10. The zero-order chi connectivity index (χ0) is 12.4. The Bertz CT molecular complexity index is 525. The molecule has 5 heteroatoms. The van der Waals surface area contributed by atoms with Gasteiger partial charge in [0.1, 0.15) is 0 Å². The normalized spacial score (nSPS) is 12.7. The van der Waals surface area contributed by atoms with Crippen molar-refractivity contribution in [3.63, 3.8) is 0 Å². The van der Waals surface area contributed by atoms with E-state index in [1.54, 1.807) is 30.0 Å². The second kappa shape index (κ2) is 5.52. The minimum absolute atomic E-state index is 0.453. The molecule has 2 nitrogen and oxygen atoms in total. The molecule has 0 unspecified atom stereocenters. The SMILES string of the molecule is Cc1csc(Sc2ccc([C@@H](C)O)c(Br)c2)n1. The predicted molar refractivity (Wildman–Crippen MR) is 75.7 cm³/mol. The molecule has 0 aliphatic heterocycles. The Morgan fingerprint density at radius 1 is 1.47 bits per heavy atom. The standard InChI is InChI=1S/C12H12BrNOS2/c1-7-6-16-12(14-7)17-9-3-4-10(8(2)15)11(13)5-9/h3-6,8,15H,1-2H3/t8-/m1/s1. The Labute approximate surface area is 117 Å². The Balaban J connectivity index is 2.20. The van der Waals surface area contributed by atoms with E-state index in [1.165, 1.54) is 0 Å².